The number of halogens is 4. The standard InChI is InChI=1S/C16H14F2N2O2.C2H4F2O/c1-8-4-12-11(10-3-2-9(17)5-13(10)18)6-14(15(19)21)20-16(12)22-7-8;1-5-2(3)4/h2-3,5-6,8H,4,7H2,1H3,(H2,19,21);2H,1H3. The molecule has 0 saturated carbocycles. The first-order chi connectivity index (χ1) is 12.7. The van der Waals surface area contributed by atoms with Crippen molar-refractivity contribution in [3.63, 3.8) is 0 Å². The third-order valence-electron chi connectivity index (χ3n) is 3.80. The Balaban J connectivity index is 0.000000465. The average Bonchev–Trinajstić information content (AvgIpc) is 2.61. The lowest BCUT2D eigenvalue weighted by Crippen LogP contribution is -2.22. The Morgan fingerprint density at radius 3 is 2.52 bits per heavy atom. The largest absolute Gasteiger partial charge is 0.477 e. The van der Waals surface area contributed by atoms with E-state index in [0.29, 0.717) is 24.2 Å². The number of hydrogen-bond acceptors (Lipinski definition) is 4. The zero-order valence-electron chi connectivity index (χ0n) is 14.6. The average molecular weight is 386 g/mol. The zero-order chi connectivity index (χ0) is 20.1. The number of alkyl halides is 2. The van der Waals surface area contributed by atoms with Crippen molar-refractivity contribution in [1.29, 1.82) is 0 Å². The van der Waals surface area contributed by atoms with Crippen LogP contribution in [0.4, 0.5) is 17.6 Å². The van der Waals surface area contributed by atoms with Crippen LogP contribution in [0.1, 0.15) is 23.0 Å². The number of pyridine rings is 1. The second-order valence-corrected chi connectivity index (χ2v) is 5.94. The first kappa shape index (κ1) is 20.6. The van der Waals surface area contributed by atoms with Crippen LogP contribution in [0.15, 0.2) is 24.3 Å². The Bertz CT molecular complexity index is 830. The van der Waals surface area contributed by atoms with E-state index in [1.165, 1.54) is 18.2 Å². The molecule has 1 aliphatic rings. The molecule has 0 spiro atoms. The number of amides is 1. The summed E-state index contributed by atoms with van der Waals surface area (Å²) in [7, 11) is 0.949. The Morgan fingerprint density at radius 2 is 1.96 bits per heavy atom. The molecule has 1 amide bonds. The van der Waals surface area contributed by atoms with Crippen LogP contribution in [-0.4, -0.2) is 31.2 Å². The van der Waals surface area contributed by atoms with Crippen LogP contribution in [0.5, 0.6) is 5.88 Å². The summed E-state index contributed by atoms with van der Waals surface area (Å²) in [5.74, 6) is -1.58. The topological polar surface area (TPSA) is 74.4 Å². The second kappa shape index (κ2) is 8.81. The summed E-state index contributed by atoms with van der Waals surface area (Å²) in [6, 6.07) is 4.74. The van der Waals surface area contributed by atoms with E-state index in [4.69, 9.17) is 10.5 Å². The minimum atomic E-state index is -2.62. The van der Waals surface area contributed by atoms with Gasteiger partial charge in [0, 0.05) is 24.3 Å². The van der Waals surface area contributed by atoms with Crippen LogP contribution in [0, 0.1) is 17.6 Å². The molecule has 2 aromatic rings. The van der Waals surface area contributed by atoms with Gasteiger partial charge in [-0.1, -0.05) is 6.92 Å². The molecule has 0 saturated heterocycles. The number of primary amides is 1. The van der Waals surface area contributed by atoms with Crippen molar-refractivity contribution in [2.75, 3.05) is 13.7 Å². The minimum Gasteiger partial charge on any atom is -0.477 e. The Kier molecular flexibility index (Phi) is 6.73. The third-order valence-corrected chi connectivity index (χ3v) is 3.80. The summed E-state index contributed by atoms with van der Waals surface area (Å²) in [5, 5.41) is 0. The summed E-state index contributed by atoms with van der Waals surface area (Å²) in [6.45, 7) is -0.154. The van der Waals surface area contributed by atoms with Gasteiger partial charge in [-0.3, -0.25) is 4.79 Å². The van der Waals surface area contributed by atoms with Gasteiger partial charge in [-0.15, -0.1) is 0 Å². The highest BCUT2D eigenvalue weighted by molar-refractivity contribution is 5.93. The Labute approximate surface area is 153 Å². The quantitative estimate of drug-likeness (QED) is 0.819. The van der Waals surface area contributed by atoms with Gasteiger partial charge in [-0.2, -0.15) is 8.78 Å². The molecule has 1 aliphatic heterocycles. The van der Waals surface area contributed by atoms with Gasteiger partial charge in [0.05, 0.1) is 6.61 Å². The van der Waals surface area contributed by atoms with Crippen molar-refractivity contribution in [2.45, 2.75) is 20.0 Å². The fourth-order valence-corrected chi connectivity index (χ4v) is 2.57. The molecular weight excluding hydrogens is 368 g/mol. The molecule has 1 aromatic heterocycles. The SMILES string of the molecule is CC1COc2nc(C(N)=O)cc(-c3ccc(F)cc3F)c2C1.COC(F)F. The van der Waals surface area contributed by atoms with Crippen molar-refractivity contribution in [3.05, 3.63) is 47.2 Å². The molecule has 27 heavy (non-hydrogen) atoms. The molecule has 1 atom stereocenters. The number of ether oxygens (including phenoxy) is 2. The number of carbonyl (C=O) groups is 1. The van der Waals surface area contributed by atoms with Gasteiger partial charge in [0.2, 0.25) is 5.88 Å². The predicted molar refractivity (Wildman–Crippen MR) is 89.5 cm³/mol. The fourth-order valence-electron chi connectivity index (χ4n) is 2.57. The van der Waals surface area contributed by atoms with Crippen LogP contribution in [-0.2, 0) is 11.2 Å². The molecule has 2 heterocycles. The molecule has 3 rings (SSSR count). The molecule has 146 valence electrons. The number of nitrogens with zero attached hydrogens (tertiary/aromatic N) is 1. The van der Waals surface area contributed by atoms with Gasteiger partial charge in [0.15, 0.2) is 0 Å². The van der Waals surface area contributed by atoms with Crippen molar-refractivity contribution in [3.8, 4) is 17.0 Å². The fraction of sp³-hybridized carbons (Fsp3) is 0.333. The first-order valence-electron chi connectivity index (χ1n) is 7.95. The van der Waals surface area contributed by atoms with Gasteiger partial charge < -0.3 is 15.2 Å². The van der Waals surface area contributed by atoms with Crippen LogP contribution in [0.25, 0.3) is 11.1 Å². The number of fused-ring (bicyclic) bond motifs is 1. The van der Waals surface area contributed by atoms with E-state index in [2.05, 4.69) is 9.72 Å². The van der Waals surface area contributed by atoms with Crippen molar-refractivity contribution < 1.29 is 31.8 Å². The van der Waals surface area contributed by atoms with Crippen LogP contribution >= 0.6 is 0 Å². The van der Waals surface area contributed by atoms with Gasteiger partial charge in [0.25, 0.3) is 5.91 Å². The van der Waals surface area contributed by atoms with Crippen molar-refractivity contribution in [2.24, 2.45) is 11.7 Å². The molecule has 2 N–H and O–H groups in total. The molecule has 5 nitrogen and oxygen atoms in total. The molecule has 0 fully saturated rings. The van der Waals surface area contributed by atoms with E-state index < -0.39 is 24.2 Å². The zero-order valence-corrected chi connectivity index (χ0v) is 14.6. The Hall–Kier alpha value is -2.68. The van der Waals surface area contributed by atoms with E-state index in [9.17, 15) is 22.4 Å². The van der Waals surface area contributed by atoms with Gasteiger partial charge in [-0.25, -0.2) is 13.8 Å². The summed E-state index contributed by atoms with van der Waals surface area (Å²) in [5.41, 5.74) is 6.62. The van der Waals surface area contributed by atoms with Gasteiger partial charge in [0.1, 0.15) is 17.3 Å². The van der Waals surface area contributed by atoms with E-state index in [1.54, 1.807) is 0 Å². The number of aromatic nitrogens is 1. The van der Waals surface area contributed by atoms with Crippen LogP contribution in [0.2, 0.25) is 0 Å². The molecule has 1 aromatic carbocycles. The highest BCUT2D eigenvalue weighted by Crippen LogP contribution is 2.36. The lowest BCUT2D eigenvalue weighted by Gasteiger charge is -2.24. The van der Waals surface area contributed by atoms with Crippen molar-refractivity contribution in [1.82, 2.24) is 4.98 Å². The smallest absolute Gasteiger partial charge is 0.345 e. The molecular formula is C18H18F4N2O3. The summed E-state index contributed by atoms with van der Waals surface area (Å²) in [6.07, 6.45) is 0.632. The number of benzene rings is 1. The highest BCUT2D eigenvalue weighted by Gasteiger charge is 2.25. The summed E-state index contributed by atoms with van der Waals surface area (Å²) >= 11 is 0. The van der Waals surface area contributed by atoms with E-state index >= 15 is 0 Å². The first-order valence-corrected chi connectivity index (χ1v) is 7.95. The van der Waals surface area contributed by atoms with Crippen molar-refractivity contribution >= 4 is 5.91 Å². The molecule has 9 heteroatoms. The van der Waals surface area contributed by atoms with Gasteiger partial charge >= 0.3 is 6.61 Å². The number of nitrogens with two attached hydrogens (primary N) is 1. The van der Waals surface area contributed by atoms with E-state index in [-0.39, 0.29) is 23.1 Å². The van der Waals surface area contributed by atoms with E-state index in [1.807, 2.05) is 6.92 Å². The normalized spacial score (nSPS) is 15.4. The lowest BCUT2D eigenvalue weighted by atomic mass is 9.92. The third kappa shape index (κ3) is 5.16. The summed E-state index contributed by atoms with van der Waals surface area (Å²) in [4.78, 5) is 15.5. The van der Waals surface area contributed by atoms with Gasteiger partial charge in [-0.05, 0) is 36.1 Å². The molecule has 0 radical (unpaired) electrons. The maximum Gasteiger partial charge on any atom is 0.345 e. The maximum atomic E-state index is 14.1. The lowest BCUT2D eigenvalue weighted by molar-refractivity contribution is -0.105. The highest BCUT2D eigenvalue weighted by atomic mass is 19.3. The minimum absolute atomic E-state index is 0.00738. The Morgan fingerprint density at radius 1 is 1.30 bits per heavy atom. The molecule has 0 bridgehead atoms. The maximum absolute atomic E-state index is 14.1. The summed E-state index contributed by atoms with van der Waals surface area (Å²) < 4.78 is 57.3. The van der Waals surface area contributed by atoms with Crippen LogP contribution in [0.3, 0.4) is 0 Å². The monoisotopic (exact) mass is 386 g/mol. The van der Waals surface area contributed by atoms with E-state index in [0.717, 1.165) is 13.2 Å². The molecule has 1 unspecified atom stereocenters. The van der Waals surface area contributed by atoms with Crippen LogP contribution < -0.4 is 10.5 Å². The second-order valence-electron chi connectivity index (χ2n) is 5.94. The number of hydrogen-bond donors (Lipinski definition) is 1. The number of methoxy groups -OCH3 is 1. The molecule has 0 aliphatic carbocycles. The predicted octanol–water partition coefficient (Wildman–Crippen LogP) is 3.55. The number of rotatable bonds is 3. The number of carbonyl (C=O) groups excluding carboxylic acids is 1.